The molecule has 8 nitrogen and oxygen atoms in total. The van der Waals surface area contributed by atoms with Crippen molar-refractivity contribution < 1.29 is 29.3 Å². The van der Waals surface area contributed by atoms with Crippen molar-refractivity contribution in [1.29, 1.82) is 0 Å². The number of halogens is 1. The molecular weight excluding hydrogens is 484 g/mol. The molecule has 3 fully saturated rings. The van der Waals surface area contributed by atoms with Crippen molar-refractivity contribution in [3.8, 4) is 0 Å². The maximum Gasteiger partial charge on any atom is 0.310 e. The van der Waals surface area contributed by atoms with Gasteiger partial charge < -0.3 is 24.7 Å². The average molecular weight is 511 g/mol. The van der Waals surface area contributed by atoms with Gasteiger partial charge >= 0.3 is 5.97 Å². The zero-order chi connectivity index (χ0) is 25.6. The van der Waals surface area contributed by atoms with Crippen LogP contribution in [0, 0.1) is 11.8 Å². The van der Waals surface area contributed by atoms with Crippen LogP contribution in [0.1, 0.15) is 24.4 Å². The number of hydrogen-bond acceptors (Lipinski definition) is 5. The largest absolute Gasteiger partial charge is 0.481 e. The Kier molecular flexibility index (Phi) is 6.36. The number of aliphatic hydroxyl groups is 1. The number of aliphatic hydroxyl groups excluding tert-OH is 1. The number of anilines is 1. The van der Waals surface area contributed by atoms with E-state index < -0.39 is 60.0 Å². The topological polar surface area (TPSA) is 107 Å². The smallest absolute Gasteiger partial charge is 0.310 e. The summed E-state index contributed by atoms with van der Waals surface area (Å²) in [4.78, 5) is 43.5. The third-order valence-electron chi connectivity index (χ3n) is 7.67. The number of carbonyl (C=O) groups excluding carboxylic acids is 2. The third kappa shape index (κ3) is 3.63. The zero-order valence-electron chi connectivity index (χ0n) is 19.5. The van der Waals surface area contributed by atoms with Gasteiger partial charge in [0.2, 0.25) is 5.91 Å². The number of carboxylic acid groups (broad SMARTS) is 1. The van der Waals surface area contributed by atoms with Crippen LogP contribution in [-0.4, -0.2) is 63.8 Å². The molecule has 6 atom stereocenters. The normalized spacial score (nSPS) is 29.2. The van der Waals surface area contributed by atoms with E-state index in [4.69, 9.17) is 16.3 Å². The molecule has 3 aliphatic rings. The maximum absolute atomic E-state index is 14.4. The minimum absolute atomic E-state index is 0.153. The molecule has 36 heavy (non-hydrogen) atoms. The number of fused-ring (bicyclic) bond motifs is 1. The van der Waals surface area contributed by atoms with E-state index in [1.54, 1.807) is 54.6 Å². The highest BCUT2D eigenvalue weighted by Crippen LogP contribution is 2.60. The van der Waals surface area contributed by atoms with Crippen LogP contribution >= 0.6 is 11.6 Å². The third-order valence-corrected chi connectivity index (χ3v) is 7.92. The molecule has 2 amide bonds. The molecule has 2 aromatic rings. The monoisotopic (exact) mass is 510 g/mol. The molecule has 5 rings (SSSR count). The van der Waals surface area contributed by atoms with Gasteiger partial charge in [-0.2, -0.15) is 0 Å². The van der Waals surface area contributed by atoms with Crippen LogP contribution in [0.4, 0.5) is 5.69 Å². The Hall–Kier alpha value is -3.20. The predicted octanol–water partition coefficient (Wildman–Crippen LogP) is 3.05. The van der Waals surface area contributed by atoms with Crippen molar-refractivity contribution in [2.45, 2.75) is 36.6 Å². The molecule has 3 saturated heterocycles. The van der Waals surface area contributed by atoms with Crippen molar-refractivity contribution in [2.24, 2.45) is 11.8 Å². The van der Waals surface area contributed by atoms with Gasteiger partial charge in [0, 0.05) is 17.3 Å². The second kappa shape index (κ2) is 9.35. The van der Waals surface area contributed by atoms with Crippen LogP contribution in [0.15, 0.2) is 67.3 Å². The Balaban J connectivity index is 1.65. The van der Waals surface area contributed by atoms with E-state index in [0.29, 0.717) is 29.1 Å². The van der Waals surface area contributed by atoms with E-state index >= 15 is 0 Å². The number of rotatable bonds is 8. The summed E-state index contributed by atoms with van der Waals surface area (Å²) in [5.41, 5.74) is -0.0968. The van der Waals surface area contributed by atoms with E-state index in [0.717, 1.165) is 0 Å². The van der Waals surface area contributed by atoms with Gasteiger partial charge in [-0.25, -0.2) is 0 Å². The molecule has 3 heterocycles. The average Bonchev–Trinajstić information content (AvgIpc) is 3.52. The molecule has 0 aromatic heterocycles. The van der Waals surface area contributed by atoms with Gasteiger partial charge in [-0.05, 0) is 42.7 Å². The Labute approximate surface area is 213 Å². The summed E-state index contributed by atoms with van der Waals surface area (Å²) in [6, 6.07) is 13.7. The van der Waals surface area contributed by atoms with Crippen LogP contribution in [0.3, 0.4) is 0 Å². The van der Waals surface area contributed by atoms with Gasteiger partial charge in [0.1, 0.15) is 11.6 Å². The molecule has 0 aliphatic carbocycles. The van der Waals surface area contributed by atoms with Crippen LogP contribution in [-0.2, 0) is 19.1 Å². The first kappa shape index (κ1) is 24.5. The van der Waals surface area contributed by atoms with E-state index in [1.807, 2.05) is 6.07 Å². The first-order valence-corrected chi connectivity index (χ1v) is 12.3. The molecule has 2 unspecified atom stereocenters. The van der Waals surface area contributed by atoms with Gasteiger partial charge in [0.25, 0.3) is 5.91 Å². The summed E-state index contributed by atoms with van der Waals surface area (Å²) in [7, 11) is 0. The molecule has 0 saturated carbocycles. The lowest BCUT2D eigenvalue weighted by atomic mass is 9.70. The van der Waals surface area contributed by atoms with Crippen LogP contribution in [0.5, 0.6) is 0 Å². The van der Waals surface area contributed by atoms with Crippen LogP contribution in [0.25, 0.3) is 0 Å². The summed E-state index contributed by atoms with van der Waals surface area (Å²) in [5, 5.41) is 20.9. The summed E-state index contributed by atoms with van der Waals surface area (Å²) in [5.74, 6) is -4.09. The van der Waals surface area contributed by atoms with E-state index in [1.165, 1.54) is 9.80 Å². The Morgan fingerprint density at radius 3 is 2.53 bits per heavy atom. The number of benzene rings is 2. The SMILES string of the molecule is C=CCN(C(=O)C1N([C@H](CO)c2ccccc2)C(=O)[C@@H]2[C@H](C(=O)O)[C@@H]3CCC12O3)c1ccc(Cl)cc1. The highest BCUT2D eigenvalue weighted by atomic mass is 35.5. The van der Waals surface area contributed by atoms with E-state index in [9.17, 15) is 24.6 Å². The quantitative estimate of drug-likeness (QED) is 0.529. The van der Waals surface area contributed by atoms with Crippen LogP contribution in [0.2, 0.25) is 5.02 Å². The number of hydrogen-bond donors (Lipinski definition) is 2. The number of amides is 2. The molecule has 0 radical (unpaired) electrons. The number of likely N-dealkylation sites (tertiary alicyclic amines) is 1. The second-order valence-electron chi connectivity index (χ2n) is 9.46. The van der Waals surface area contributed by atoms with Gasteiger partial charge in [0.05, 0.1) is 30.6 Å². The second-order valence-corrected chi connectivity index (χ2v) is 9.90. The van der Waals surface area contributed by atoms with Crippen LogP contribution < -0.4 is 4.90 Å². The minimum Gasteiger partial charge on any atom is -0.481 e. The lowest BCUT2D eigenvalue weighted by Gasteiger charge is -2.39. The van der Waals surface area contributed by atoms with Crippen molar-refractivity contribution in [1.82, 2.24) is 4.90 Å². The molecule has 2 aromatic carbocycles. The fraction of sp³-hybridized carbons (Fsp3) is 0.370. The fourth-order valence-electron chi connectivity index (χ4n) is 6.24. The number of carboxylic acids is 1. The minimum atomic E-state index is -1.30. The molecule has 1 spiro atoms. The van der Waals surface area contributed by atoms with Gasteiger partial charge in [-0.15, -0.1) is 6.58 Å². The number of carbonyl (C=O) groups is 3. The van der Waals surface area contributed by atoms with Gasteiger partial charge in [0.15, 0.2) is 0 Å². The lowest BCUT2D eigenvalue weighted by molar-refractivity contribution is -0.151. The van der Waals surface area contributed by atoms with Gasteiger partial charge in [-0.3, -0.25) is 14.4 Å². The molecule has 9 heteroatoms. The lowest BCUT2D eigenvalue weighted by Crippen LogP contribution is -2.57. The summed E-state index contributed by atoms with van der Waals surface area (Å²) >= 11 is 6.06. The summed E-state index contributed by atoms with van der Waals surface area (Å²) in [6.45, 7) is 3.50. The number of ether oxygens (including phenoxy) is 1. The molecule has 188 valence electrons. The molecule has 3 aliphatic heterocycles. The molecule has 2 bridgehead atoms. The van der Waals surface area contributed by atoms with Crippen molar-refractivity contribution in [2.75, 3.05) is 18.1 Å². The first-order chi connectivity index (χ1) is 17.3. The first-order valence-electron chi connectivity index (χ1n) is 11.9. The fourth-order valence-corrected chi connectivity index (χ4v) is 6.36. The standard InChI is InChI=1S/C27H27ClN2O6/c1-2-14-29(18-10-8-17(28)9-11-18)25(33)23-27-13-12-20(36-27)21(26(34)35)22(27)24(32)30(23)19(15-31)16-6-4-3-5-7-16/h2-11,19-23,31H,1,12-15H2,(H,34,35)/t19-,20+,21-,22+,23?,27?/m1/s1. The van der Waals surface area contributed by atoms with E-state index in [-0.39, 0.29) is 6.54 Å². The van der Waals surface area contributed by atoms with Gasteiger partial charge in [-0.1, -0.05) is 48.0 Å². The predicted molar refractivity (Wildman–Crippen MR) is 132 cm³/mol. The van der Waals surface area contributed by atoms with E-state index in [2.05, 4.69) is 6.58 Å². The van der Waals surface area contributed by atoms with Crippen molar-refractivity contribution in [3.05, 3.63) is 77.8 Å². The van der Waals surface area contributed by atoms with Crippen molar-refractivity contribution >= 4 is 35.1 Å². The summed E-state index contributed by atoms with van der Waals surface area (Å²) in [6.07, 6.45) is 1.76. The zero-order valence-corrected chi connectivity index (χ0v) is 20.3. The number of nitrogens with zero attached hydrogens (tertiary/aromatic N) is 2. The molecule has 2 N–H and O–H groups in total. The molecular formula is C27H27ClN2O6. The Morgan fingerprint density at radius 1 is 1.22 bits per heavy atom. The number of aliphatic carboxylic acids is 1. The highest BCUT2D eigenvalue weighted by Gasteiger charge is 2.75. The Bertz CT molecular complexity index is 1190. The maximum atomic E-state index is 14.4. The summed E-state index contributed by atoms with van der Waals surface area (Å²) < 4.78 is 6.29. The highest BCUT2D eigenvalue weighted by molar-refractivity contribution is 6.30. The van der Waals surface area contributed by atoms with Crippen molar-refractivity contribution in [3.63, 3.8) is 0 Å². The Morgan fingerprint density at radius 2 is 1.92 bits per heavy atom.